The molecule has 0 bridgehead atoms. The summed E-state index contributed by atoms with van der Waals surface area (Å²) in [6, 6.07) is 52.2. The second-order valence-electron chi connectivity index (χ2n) is 9.69. The van der Waals surface area contributed by atoms with Gasteiger partial charge in [-0.25, -0.2) is 15.0 Å². The molecule has 0 saturated heterocycles. The molecular weight excluding hydrogens is 486 g/mol. The van der Waals surface area contributed by atoms with E-state index in [1.165, 1.54) is 10.8 Å². The maximum absolute atomic E-state index is 5.10. The van der Waals surface area contributed by atoms with Crippen LogP contribution in [-0.2, 0) is 0 Å². The van der Waals surface area contributed by atoms with E-state index in [0.717, 1.165) is 38.9 Å². The minimum absolute atomic E-state index is 0.647. The van der Waals surface area contributed by atoms with Crippen molar-refractivity contribution in [3.63, 3.8) is 0 Å². The zero-order valence-corrected chi connectivity index (χ0v) is 21.8. The lowest BCUT2D eigenvalue weighted by Gasteiger charge is -2.15. The van der Waals surface area contributed by atoms with Crippen LogP contribution < -0.4 is 0 Å². The molecule has 0 atom stereocenters. The Balaban J connectivity index is 1.48. The van der Waals surface area contributed by atoms with Crippen LogP contribution in [0.25, 0.3) is 67.2 Å². The number of hydrogen-bond acceptors (Lipinski definition) is 3. The Morgan fingerprint density at radius 2 is 0.850 bits per heavy atom. The van der Waals surface area contributed by atoms with E-state index in [2.05, 4.69) is 109 Å². The number of aromatic nitrogens is 3. The molecule has 0 unspecified atom stereocenters. The summed E-state index contributed by atoms with van der Waals surface area (Å²) in [5, 5.41) is 2.35. The molecule has 7 aromatic rings. The predicted octanol–water partition coefficient (Wildman–Crippen LogP) is 9.36. The minimum atomic E-state index is 0.647. The van der Waals surface area contributed by atoms with Gasteiger partial charge in [0.1, 0.15) is 0 Å². The fourth-order valence-electron chi connectivity index (χ4n) is 5.18. The predicted molar refractivity (Wildman–Crippen MR) is 165 cm³/mol. The lowest BCUT2D eigenvalue weighted by Crippen LogP contribution is -2.01. The summed E-state index contributed by atoms with van der Waals surface area (Å²) in [6.07, 6.45) is 0. The van der Waals surface area contributed by atoms with Crippen molar-refractivity contribution < 1.29 is 0 Å². The van der Waals surface area contributed by atoms with Gasteiger partial charge in [-0.1, -0.05) is 140 Å². The number of fused-ring (bicyclic) bond motifs is 1. The molecule has 0 aliphatic carbocycles. The molecule has 188 valence electrons. The van der Waals surface area contributed by atoms with Crippen molar-refractivity contribution in [2.45, 2.75) is 0 Å². The van der Waals surface area contributed by atoms with Crippen LogP contribution in [0, 0.1) is 0 Å². The van der Waals surface area contributed by atoms with Crippen LogP contribution in [0.1, 0.15) is 0 Å². The van der Waals surface area contributed by atoms with Gasteiger partial charge in [0.2, 0.25) is 0 Å². The molecule has 0 spiro atoms. The molecule has 0 radical (unpaired) electrons. The summed E-state index contributed by atoms with van der Waals surface area (Å²) in [7, 11) is 0. The van der Waals surface area contributed by atoms with Crippen molar-refractivity contribution >= 4 is 10.8 Å². The highest BCUT2D eigenvalue weighted by Gasteiger charge is 2.18. The lowest BCUT2D eigenvalue weighted by molar-refractivity contribution is 1.07. The lowest BCUT2D eigenvalue weighted by atomic mass is 9.93. The fourth-order valence-corrected chi connectivity index (χ4v) is 5.18. The van der Waals surface area contributed by atoms with E-state index in [1.54, 1.807) is 0 Å². The Bertz CT molecular complexity index is 1930. The van der Waals surface area contributed by atoms with Gasteiger partial charge in [0, 0.05) is 22.3 Å². The van der Waals surface area contributed by atoms with Gasteiger partial charge in [-0.15, -0.1) is 0 Å². The van der Waals surface area contributed by atoms with Crippen LogP contribution in [0.3, 0.4) is 0 Å². The normalized spacial score (nSPS) is 11.0. The van der Waals surface area contributed by atoms with Crippen LogP contribution in [0.4, 0.5) is 0 Å². The van der Waals surface area contributed by atoms with Crippen molar-refractivity contribution in [1.82, 2.24) is 15.0 Å². The number of rotatable bonds is 5. The van der Waals surface area contributed by atoms with Crippen LogP contribution in [0.2, 0.25) is 0 Å². The van der Waals surface area contributed by atoms with Crippen LogP contribution in [-0.4, -0.2) is 15.0 Å². The Kier molecular flexibility index (Phi) is 6.15. The first-order chi connectivity index (χ1) is 19.8. The maximum Gasteiger partial charge on any atom is 0.164 e. The van der Waals surface area contributed by atoms with Crippen LogP contribution >= 0.6 is 0 Å². The van der Waals surface area contributed by atoms with E-state index in [-0.39, 0.29) is 0 Å². The molecular formula is C37H25N3. The van der Waals surface area contributed by atoms with Gasteiger partial charge in [0.05, 0.1) is 0 Å². The largest absolute Gasteiger partial charge is 0.208 e. The number of nitrogens with zero attached hydrogens (tertiary/aromatic N) is 3. The summed E-state index contributed by atoms with van der Waals surface area (Å²) in [5.74, 6) is 1.95. The van der Waals surface area contributed by atoms with Crippen molar-refractivity contribution in [2.24, 2.45) is 0 Å². The van der Waals surface area contributed by atoms with Gasteiger partial charge < -0.3 is 0 Å². The molecule has 0 amide bonds. The second-order valence-corrected chi connectivity index (χ2v) is 9.69. The van der Waals surface area contributed by atoms with E-state index >= 15 is 0 Å². The molecule has 0 saturated carbocycles. The van der Waals surface area contributed by atoms with E-state index in [4.69, 9.17) is 15.0 Å². The summed E-state index contributed by atoms with van der Waals surface area (Å²) in [5.41, 5.74) is 7.40. The van der Waals surface area contributed by atoms with Crippen molar-refractivity contribution in [1.29, 1.82) is 0 Å². The molecule has 1 heterocycles. The first-order valence-corrected chi connectivity index (χ1v) is 13.4. The fraction of sp³-hybridized carbons (Fsp3) is 0. The molecule has 6 aromatic carbocycles. The molecule has 0 fully saturated rings. The molecule has 3 nitrogen and oxygen atoms in total. The standard InChI is InChI=1S/C37H25N3/c1-4-13-26(14-5-1)30-20-12-21-31(25-30)36-38-35(29-18-8-3-9-19-29)39-37(40-36)33-24-23-27-15-10-11-22-32(27)34(33)28-16-6-2-7-17-28/h1-25H. The second kappa shape index (κ2) is 10.4. The molecule has 0 N–H and O–H groups in total. The zero-order valence-electron chi connectivity index (χ0n) is 21.8. The van der Waals surface area contributed by atoms with E-state index < -0.39 is 0 Å². The molecule has 3 heteroatoms. The van der Waals surface area contributed by atoms with Gasteiger partial charge >= 0.3 is 0 Å². The van der Waals surface area contributed by atoms with E-state index in [0.29, 0.717) is 17.5 Å². The van der Waals surface area contributed by atoms with Crippen LogP contribution in [0.5, 0.6) is 0 Å². The van der Waals surface area contributed by atoms with Crippen molar-refractivity contribution in [3.8, 4) is 56.4 Å². The Morgan fingerprint density at radius 3 is 1.57 bits per heavy atom. The van der Waals surface area contributed by atoms with Crippen LogP contribution in [0.15, 0.2) is 152 Å². The topological polar surface area (TPSA) is 38.7 Å². The zero-order chi connectivity index (χ0) is 26.7. The number of benzene rings is 6. The van der Waals surface area contributed by atoms with E-state index in [1.807, 2.05) is 42.5 Å². The quantitative estimate of drug-likeness (QED) is 0.231. The summed E-state index contributed by atoms with van der Waals surface area (Å²) < 4.78 is 0. The molecule has 40 heavy (non-hydrogen) atoms. The SMILES string of the molecule is c1ccc(-c2cccc(-c3nc(-c4ccccc4)nc(-c4ccc5ccccc5c4-c4ccccc4)n3)c2)cc1. The van der Waals surface area contributed by atoms with Crippen molar-refractivity contribution in [3.05, 3.63) is 152 Å². The first-order valence-electron chi connectivity index (χ1n) is 13.4. The average molecular weight is 512 g/mol. The molecule has 1 aromatic heterocycles. The third-order valence-corrected chi connectivity index (χ3v) is 7.13. The van der Waals surface area contributed by atoms with Gasteiger partial charge in [-0.05, 0) is 39.6 Å². The highest BCUT2D eigenvalue weighted by molar-refractivity contribution is 6.03. The van der Waals surface area contributed by atoms with Gasteiger partial charge in [-0.3, -0.25) is 0 Å². The summed E-state index contributed by atoms with van der Waals surface area (Å²) >= 11 is 0. The average Bonchev–Trinajstić information content (AvgIpc) is 3.05. The minimum Gasteiger partial charge on any atom is -0.208 e. The Hall–Kier alpha value is -5.41. The van der Waals surface area contributed by atoms with E-state index in [9.17, 15) is 0 Å². The third kappa shape index (κ3) is 4.55. The Morgan fingerprint density at radius 1 is 0.325 bits per heavy atom. The first kappa shape index (κ1) is 23.7. The van der Waals surface area contributed by atoms with Gasteiger partial charge in [-0.2, -0.15) is 0 Å². The third-order valence-electron chi connectivity index (χ3n) is 7.13. The Labute approximate surface area is 233 Å². The highest BCUT2D eigenvalue weighted by Crippen LogP contribution is 2.38. The summed E-state index contributed by atoms with van der Waals surface area (Å²) in [6.45, 7) is 0. The highest BCUT2D eigenvalue weighted by atomic mass is 15.0. The van der Waals surface area contributed by atoms with Gasteiger partial charge in [0.15, 0.2) is 17.5 Å². The molecule has 0 aliphatic rings. The maximum atomic E-state index is 5.10. The van der Waals surface area contributed by atoms with Gasteiger partial charge in [0.25, 0.3) is 0 Å². The summed E-state index contributed by atoms with van der Waals surface area (Å²) in [4.78, 5) is 15.1. The van der Waals surface area contributed by atoms with Crippen molar-refractivity contribution in [2.75, 3.05) is 0 Å². The monoisotopic (exact) mass is 511 g/mol. The molecule has 7 rings (SSSR count). The number of hydrogen-bond donors (Lipinski definition) is 0. The smallest absolute Gasteiger partial charge is 0.164 e. The molecule has 0 aliphatic heterocycles.